The van der Waals surface area contributed by atoms with Gasteiger partial charge in [0.05, 0.1) is 28.1 Å². The number of nitrogens with zero attached hydrogens (tertiary/aromatic N) is 1. The zero-order valence-corrected chi connectivity index (χ0v) is 13.8. The van der Waals surface area contributed by atoms with Crippen molar-refractivity contribution in [3.63, 3.8) is 0 Å². The topological polar surface area (TPSA) is 70.0 Å². The number of hydrogen-bond acceptors (Lipinski definition) is 3. The lowest BCUT2D eigenvalue weighted by Gasteiger charge is -2.09. The van der Waals surface area contributed by atoms with Crippen molar-refractivity contribution >= 4 is 43.2 Å². The van der Waals surface area contributed by atoms with Gasteiger partial charge in [-0.15, -0.1) is 0 Å². The van der Waals surface area contributed by atoms with E-state index in [1.807, 2.05) is 6.07 Å². The number of halogens is 2. The Hall–Kier alpha value is -1.55. The van der Waals surface area contributed by atoms with Crippen LogP contribution in [0.1, 0.15) is 11.1 Å². The zero-order valence-electron chi connectivity index (χ0n) is 10.7. The first kappa shape index (κ1) is 15.8. The molecule has 0 aliphatic heterocycles. The molecule has 0 atom stereocenters. The second kappa shape index (κ2) is 6.48. The molecule has 7 heteroatoms. The van der Waals surface area contributed by atoms with Crippen LogP contribution in [0, 0.1) is 11.3 Å². The highest BCUT2D eigenvalue weighted by Gasteiger charge is 2.14. The Labute approximate surface area is 136 Å². The van der Waals surface area contributed by atoms with Crippen molar-refractivity contribution < 1.29 is 8.42 Å². The van der Waals surface area contributed by atoms with E-state index in [0.29, 0.717) is 26.3 Å². The summed E-state index contributed by atoms with van der Waals surface area (Å²) in [5.74, 6) is -0.273. The van der Waals surface area contributed by atoms with Crippen molar-refractivity contribution in [1.82, 2.24) is 0 Å². The second-order valence-corrected chi connectivity index (χ2v) is 7.24. The van der Waals surface area contributed by atoms with Crippen molar-refractivity contribution in [1.29, 1.82) is 5.26 Å². The Bertz CT molecular complexity index is 816. The summed E-state index contributed by atoms with van der Waals surface area (Å²) in [6, 6.07) is 13.3. The predicted octanol–water partition coefficient (Wildman–Crippen LogP) is 3.92. The van der Waals surface area contributed by atoms with E-state index >= 15 is 0 Å². The summed E-state index contributed by atoms with van der Waals surface area (Å²) in [5.41, 5.74) is 1.17. The van der Waals surface area contributed by atoms with Gasteiger partial charge >= 0.3 is 0 Å². The van der Waals surface area contributed by atoms with Gasteiger partial charge in [0.15, 0.2) is 0 Å². The van der Waals surface area contributed by atoms with E-state index in [4.69, 9.17) is 16.9 Å². The highest BCUT2D eigenvalue weighted by atomic mass is 79.9. The normalized spacial score (nSPS) is 10.9. The molecule has 1 N–H and O–H groups in total. The lowest BCUT2D eigenvalue weighted by molar-refractivity contribution is 0.600. The fourth-order valence-electron chi connectivity index (χ4n) is 1.74. The van der Waals surface area contributed by atoms with Gasteiger partial charge in [0.2, 0.25) is 10.0 Å². The summed E-state index contributed by atoms with van der Waals surface area (Å²) < 4.78 is 27.4. The molecule has 0 bridgehead atoms. The molecule has 0 aliphatic rings. The number of nitrogens with one attached hydrogen (secondary N) is 1. The first-order valence-corrected chi connectivity index (χ1v) is 8.67. The van der Waals surface area contributed by atoms with Crippen molar-refractivity contribution in [3.05, 3.63) is 63.1 Å². The van der Waals surface area contributed by atoms with Crippen LogP contribution < -0.4 is 4.72 Å². The Balaban J connectivity index is 2.23. The number of sulfonamides is 1. The minimum absolute atomic E-state index is 0.273. The number of nitriles is 1. The monoisotopic (exact) mass is 384 g/mol. The standard InChI is InChI=1S/C14H10BrClN2O2S/c15-13-6-5-12(7-14(13)16)18-21(19,20)9-11-4-2-1-3-10(11)8-17/h1-7,18H,9H2. The average Bonchev–Trinajstić information content (AvgIpc) is 2.43. The van der Waals surface area contributed by atoms with Gasteiger partial charge in [-0.05, 0) is 45.8 Å². The summed E-state index contributed by atoms with van der Waals surface area (Å²) in [7, 11) is -3.62. The number of benzene rings is 2. The molecule has 0 saturated heterocycles. The number of rotatable bonds is 4. The molecule has 4 nitrogen and oxygen atoms in total. The van der Waals surface area contributed by atoms with E-state index in [1.54, 1.807) is 36.4 Å². The number of anilines is 1. The van der Waals surface area contributed by atoms with Crippen LogP contribution in [0.2, 0.25) is 5.02 Å². The molecule has 2 rings (SSSR count). The molecule has 0 heterocycles. The minimum atomic E-state index is -3.62. The van der Waals surface area contributed by atoms with Gasteiger partial charge in [-0.3, -0.25) is 4.72 Å². The van der Waals surface area contributed by atoms with Gasteiger partial charge in [-0.2, -0.15) is 5.26 Å². The summed E-state index contributed by atoms with van der Waals surface area (Å²) in [4.78, 5) is 0. The Morgan fingerprint density at radius 2 is 1.95 bits per heavy atom. The maximum atomic E-state index is 12.2. The molecule has 0 saturated carbocycles. The van der Waals surface area contributed by atoms with Crippen LogP contribution in [0.4, 0.5) is 5.69 Å². The molecule has 2 aromatic carbocycles. The van der Waals surface area contributed by atoms with E-state index in [1.165, 1.54) is 6.07 Å². The first-order chi connectivity index (χ1) is 9.91. The molecule has 108 valence electrons. The van der Waals surface area contributed by atoms with Crippen LogP contribution in [-0.2, 0) is 15.8 Å². The Morgan fingerprint density at radius 3 is 2.62 bits per heavy atom. The molecule has 0 spiro atoms. The fraction of sp³-hybridized carbons (Fsp3) is 0.0714. The van der Waals surface area contributed by atoms with E-state index < -0.39 is 10.0 Å². The van der Waals surface area contributed by atoms with Gasteiger partial charge < -0.3 is 0 Å². The molecule has 0 unspecified atom stereocenters. The highest BCUT2D eigenvalue weighted by molar-refractivity contribution is 9.10. The van der Waals surface area contributed by atoms with Crippen LogP contribution in [0.3, 0.4) is 0 Å². The molecule has 2 aromatic rings. The maximum absolute atomic E-state index is 12.2. The largest absolute Gasteiger partial charge is 0.283 e. The predicted molar refractivity (Wildman–Crippen MR) is 86.6 cm³/mol. The van der Waals surface area contributed by atoms with Crippen LogP contribution >= 0.6 is 27.5 Å². The average molecular weight is 386 g/mol. The molecular weight excluding hydrogens is 376 g/mol. The number of hydrogen-bond donors (Lipinski definition) is 1. The smallest absolute Gasteiger partial charge is 0.236 e. The van der Waals surface area contributed by atoms with Crippen LogP contribution in [0.25, 0.3) is 0 Å². The lowest BCUT2D eigenvalue weighted by Crippen LogP contribution is -2.15. The van der Waals surface area contributed by atoms with E-state index in [2.05, 4.69) is 20.7 Å². The lowest BCUT2D eigenvalue weighted by atomic mass is 10.1. The van der Waals surface area contributed by atoms with Crippen LogP contribution in [-0.4, -0.2) is 8.42 Å². The molecule has 21 heavy (non-hydrogen) atoms. The van der Waals surface area contributed by atoms with Gasteiger partial charge in [-0.1, -0.05) is 29.8 Å². The summed E-state index contributed by atoms with van der Waals surface area (Å²) in [5, 5.41) is 9.39. The van der Waals surface area contributed by atoms with Crippen molar-refractivity contribution in [2.45, 2.75) is 5.75 Å². The molecule has 0 amide bonds. The first-order valence-electron chi connectivity index (χ1n) is 5.85. The van der Waals surface area contributed by atoms with E-state index in [9.17, 15) is 8.42 Å². The van der Waals surface area contributed by atoms with Gasteiger partial charge in [0, 0.05) is 4.47 Å². The van der Waals surface area contributed by atoms with E-state index in [0.717, 1.165) is 0 Å². The SMILES string of the molecule is N#Cc1ccccc1CS(=O)(=O)Nc1ccc(Br)c(Cl)c1. The van der Waals surface area contributed by atoms with Crippen LogP contribution in [0.15, 0.2) is 46.9 Å². The molecular formula is C14H10BrClN2O2S. The molecule has 0 aliphatic carbocycles. The third-order valence-electron chi connectivity index (χ3n) is 2.68. The highest BCUT2D eigenvalue weighted by Crippen LogP contribution is 2.26. The van der Waals surface area contributed by atoms with Crippen molar-refractivity contribution in [2.75, 3.05) is 4.72 Å². The summed E-state index contributed by atoms with van der Waals surface area (Å²) in [6.45, 7) is 0. The van der Waals surface area contributed by atoms with Gasteiger partial charge in [-0.25, -0.2) is 8.42 Å². The third kappa shape index (κ3) is 4.21. The zero-order chi connectivity index (χ0) is 15.5. The van der Waals surface area contributed by atoms with Gasteiger partial charge in [0.1, 0.15) is 0 Å². The second-order valence-electron chi connectivity index (χ2n) is 4.26. The van der Waals surface area contributed by atoms with E-state index in [-0.39, 0.29) is 5.75 Å². The fourth-order valence-corrected chi connectivity index (χ4v) is 3.38. The Kier molecular flexibility index (Phi) is 4.88. The molecule has 0 radical (unpaired) electrons. The molecule has 0 aromatic heterocycles. The minimum Gasteiger partial charge on any atom is -0.283 e. The molecule has 0 fully saturated rings. The summed E-state index contributed by atoms with van der Waals surface area (Å²) >= 11 is 9.16. The van der Waals surface area contributed by atoms with Crippen LogP contribution in [0.5, 0.6) is 0 Å². The van der Waals surface area contributed by atoms with Crippen molar-refractivity contribution in [3.8, 4) is 6.07 Å². The van der Waals surface area contributed by atoms with Gasteiger partial charge in [0.25, 0.3) is 0 Å². The third-order valence-corrected chi connectivity index (χ3v) is 5.15. The Morgan fingerprint density at radius 1 is 1.24 bits per heavy atom. The summed E-state index contributed by atoms with van der Waals surface area (Å²) in [6.07, 6.45) is 0. The maximum Gasteiger partial charge on any atom is 0.236 e. The van der Waals surface area contributed by atoms with Crippen molar-refractivity contribution in [2.24, 2.45) is 0 Å². The quantitative estimate of drug-likeness (QED) is 0.867.